The Morgan fingerprint density at radius 3 is 1.94 bits per heavy atom. The maximum Gasteiger partial charge on any atom is 0.239 e. The predicted molar refractivity (Wildman–Crippen MR) is 141 cm³/mol. The summed E-state index contributed by atoms with van der Waals surface area (Å²) >= 11 is 6.23. The summed E-state index contributed by atoms with van der Waals surface area (Å²) in [6.07, 6.45) is 1.22. The Morgan fingerprint density at radius 1 is 0.778 bits per heavy atom. The number of halogens is 1. The number of imide groups is 1. The zero-order chi connectivity index (χ0) is 25.2. The van der Waals surface area contributed by atoms with Crippen molar-refractivity contribution in [3.8, 4) is 0 Å². The minimum atomic E-state index is -1.12. The second-order valence-electron chi connectivity index (χ2n) is 10.2. The molecule has 0 spiro atoms. The molecule has 4 atom stereocenters. The molecule has 36 heavy (non-hydrogen) atoms. The van der Waals surface area contributed by atoms with Gasteiger partial charge in [0.05, 0.1) is 28.4 Å². The van der Waals surface area contributed by atoms with Crippen LogP contribution in [0.4, 0.5) is 5.69 Å². The quantitative estimate of drug-likeness (QED) is 0.382. The van der Waals surface area contributed by atoms with Crippen LogP contribution in [-0.2, 0) is 14.4 Å². The Morgan fingerprint density at radius 2 is 1.36 bits per heavy atom. The average molecular weight is 496 g/mol. The number of amides is 2. The van der Waals surface area contributed by atoms with Crippen molar-refractivity contribution in [2.45, 2.75) is 26.7 Å². The van der Waals surface area contributed by atoms with Gasteiger partial charge in [-0.15, -0.1) is 0 Å². The molecule has 1 aliphatic heterocycles. The molecule has 1 saturated heterocycles. The van der Waals surface area contributed by atoms with Gasteiger partial charge >= 0.3 is 0 Å². The minimum absolute atomic E-state index is 0.00278. The van der Waals surface area contributed by atoms with Gasteiger partial charge in [0.2, 0.25) is 11.8 Å². The Balaban J connectivity index is 1.66. The van der Waals surface area contributed by atoms with E-state index in [1.165, 1.54) is 4.90 Å². The van der Waals surface area contributed by atoms with Gasteiger partial charge < -0.3 is 0 Å². The first-order valence-corrected chi connectivity index (χ1v) is 12.8. The van der Waals surface area contributed by atoms with E-state index in [9.17, 15) is 14.4 Å². The van der Waals surface area contributed by atoms with Crippen LogP contribution in [0.15, 0.2) is 84.9 Å². The predicted octanol–water partition coefficient (Wildman–Crippen LogP) is 6.45. The van der Waals surface area contributed by atoms with Crippen LogP contribution in [0.3, 0.4) is 0 Å². The fraction of sp³-hybridized carbons (Fsp3) is 0.258. The molecule has 0 radical (unpaired) electrons. The van der Waals surface area contributed by atoms with E-state index >= 15 is 0 Å². The third-order valence-corrected chi connectivity index (χ3v) is 8.62. The van der Waals surface area contributed by atoms with Gasteiger partial charge in [0.25, 0.3) is 0 Å². The summed E-state index contributed by atoms with van der Waals surface area (Å²) in [4.78, 5) is 44.1. The molecule has 1 saturated carbocycles. The van der Waals surface area contributed by atoms with Crippen molar-refractivity contribution in [3.63, 3.8) is 0 Å². The highest BCUT2D eigenvalue weighted by Gasteiger charge is 2.80. The summed E-state index contributed by atoms with van der Waals surface area (Å²) in [5.74, 6) is -2.13. The molecule has 3 aromatic rings. The van der Waals surface area contributed by atoms with Crippen LogP contribution in [0.2, 0.25) is 5.02 Å². The number of Topliss-reactive ketones (excluding diaryl/α,β-unsaturated/α-hetero) is 1. The van der Waals surface area contributed by atoms with E-state index in [-0.39, 0.29) is 17.6 Å². The molecule has 5 heteroatoms. The third kappa shape index (κ3) is 2.74. The zero-order valence-corrected chi connectivity index (χ0v) is 21.0. The van der Waals surface area contributed by atoms with Crippen LogP contribution in [0.5, 0.6) is 0 Å². The third-order valence-electron chi connectivity index (χ3n) is 8.39. The second-order valence-corrected chi connectivity index (χ2v) is 10.6. The number of allylic oxidation sites excluding steroid dienone is 2. The number of nitrogens with zero attached hydrogens (tertiary/aromatic N) is 1. The molecule has 2 fully saturated rings. The lowest BCUT2D eigenvalue weighted by Crippen LogP contribution is -2.41. The lowest BCUT2D eigenvalue weighted by atomic mass is 9.61. The van der Waals surface area contributed by atoms with Gasteiger partial charge in [-0.3, -0.25) is 14.4 Å². The van der Waals surface area contributed by atoms with Crippen LogP contribution in [0.1, 0.15) is 37.8 Å². The van der Waals surface area contributed by atoms with E-state index < -0.39 is 22.7 Å². The first kappa shape index (κ1) is 22.9. The molecule has 2 amide bonds. The largest absolute Gasteiger partial charge is 0.298 e. The molecular formula is C31H26ClNO3. The average Bonchev–Trinajstić information content (AvgIpc) is 3.35. The molecule has 3 aromatic carbocycles. The molecule has 0 N–H and O–H groups in total. The topological polar surface area (TPSA) is 54.5 Å². The van der Waals surface area contributed by atoms with Crippen molar-refractivity contribution < 1.29 is 14.4 Å². The number of benzene rings is 3. The first-order chi connectivity index (χ1) is 17.4. The van der Waals surface area contributed by atoms with Crippen molar-refractivity contribution >= 4 is 46.0 Å². The molecule has 4 nitrogen and oxygen atoms in total. The highest BCUT2D eigenvalue weighted by molar-refractivity contribution is 6.35. The number of carbonyl (C=O) groups is 3. The Labute approximate surface area is 215 Å². The number of fused-ring (bicyclic) bond motifs is 5. The molecule has 1 heterocycles. The van der Waals surface area contributed by atoms with E-state index in [1.54, 1.807) is 24.3 Å². The normalized spacial score (nSPS) is 28.9. The van der Waals surface area contributed by atoms with E-state index in [0.29, 0.717) is 23.6 Å². The SMILES string of the molecule is CCC[C@]12C(=O)[C@@](C)(C(c3ccccc3)=C1c1ccccc1)[C@@H]1C(=O)N(c3cccc(Cl)c3)C(=O)[C@H]12. The summed E-state index contributed by atoms with van der Waals surface area (Å²) in [6.45, 7) is 3.92. The fourth-order valence-electron chi connectivity index (χ4n) is 7.23. The zero-order valence-electron chi connectivity index (χ0n) is 20.2. The van der Waals surface area contributed by atoms with Crippen molar-refractivity contribution in [1.82, 2.24) is 0 Å². The Hall–Kier alpha value is -3.50. The lowest BCUT2D eigenvalue weighted by Gasteiger charge is -2.37. The molecule has 6 rings (SSSR count). The van der Waals surface area contributed by atoms with Gasteiger partial charge in [-0.25, -0.2) is 4.90 Å². The smallest absolute Gasteiger partial charge is 0.239 e. The highest BCUT2D eigenvalue weighted by Crippen LogP contribution is 2.74. The summed E-state index contributed by atoms with van der Waals surface area (Å²) in [7, 11) is 0. The van der Waals surface area contributed by atoms with E-state index in [0.717, 1.165) is 22.3 Å². The number of hydrogen-bond acceptors (Lipinski definition) is 3. The van der Waals surface area contributed by atoms with Crippen LogP contribution < -0.4 is 4.90 Å². The van der Waals surface area contributed by atoms with Crippen LogP contribution >= 0.6 is 11.6 Å². The highest BCUT2D eigenvalue weighted by atomic mass is 35.5. The molecule has 180 valence electrons. The van der Waals surface area contributed by atoms with Gasteiger partial charge in [-0.1, -0.05) is 91.7 Å². The molecule has 3 aliphatic rings. The number of rotatable bonds is 5. The summed E-state index contributed by atoms with van der Waals surface area (Å²) < 4.78 is 0. The molecule has 2 aliphatic carbocycles. The molecule has 2 bridgehead atoms. The van der Waals surface area contributed by atoms with E-state index in [1.807, 2.05) is 74.5 Å². The van der Waals surface area contributed by atoms with Crippen molar-refractivity contribution in [2.75, 3.05) is 4.90 Å². The standard InChI is InChI=1S/C31H26ClNO3/c1-3-17-31-24(20-13-8-5-9-14-20)23(19-11-6-4-7-12-19)30(2,29(31)36)25-26(31)28(35)33(27(25)34)22-16-10-15-21(32)18-22/h4-16,18,25-26H,3,17H2,1-2H3/t25-,26-,30-,31-/m0/s1. The Bertz CT molecular complexity index is 1450. The van der Waals surface area contributed by atoms with E-state index in [4.69, 9.17) is 11.6 Å². The molecule has 0 aromatic heterocycles. The van der Waals surface area contributed by atoms with Crippen molar-refractivity contribution in [2.24, 2.45) is 22.7 Å². The molecular weight excluding hydrogens is 470 g/mol. The summed E-state index contributed by atoms with van der Waals surface area (Å²) in [5.41, 5.74) is 1.90. The monoisotopic (exact) mass is 495 g/mol. The van der Waals surface area contributed by atoms with Crippen LogP contribution in [0, 0.1) is 22.7 Å². The number of carbonyl (C=O) groups excluding carboxylic acids is 3. The summed E-state index contributed by atoms with van der Waals surface area (Å²) in [5, 5.41) is 0.451. The lowest BCUT2D eigenvalue weighted by molar-refractivity contribution is -0.134. The summed E-state index contributed by atoms with van der Waals surface area (Å²) in [6, 6.07) is 26.6. The number of ketones is 1. The van der Waals surface area contributed by atoms with Gasteiger partial charge in [-0.05, 0) is 53.8 Å². The van der Waals surface area contributed by atoms with Gasteiger partial charge in [-0.2, -0.15) is 0 Å². The maximum absolute atomic E-state index is 14.6. The van der Waals surface area contributed by atoms with Crippen molar-refractivity contribution in [1.29, 1.82) is 0 Å². The van der Waals surface area contributed by atoms with Crippen molar-refractivity contribution in [3.05, 3.63) is 101 Å². The fourth-order valence-corrected chi connectivity index (χ4v) is 7.41. The molecule has 0 unspecified atom stereocenters. The van der Waals surface area contributed by atoms with Gasteiger partial charge in [0.1, 0.15) is 0 Å². The maximum atomic E-state index is 14.6. The van der Waals surface area contributed by atoms with Crippen LogP contribution in [0.25, 0.3) is 11.1 Å². The van der Waals surface area contributed by atoms with Gasteiger partial charge in [0.15, 0.2) is 5.78 Å². The minimum Gasteiger partial charge on any atom is -0.298 e. The Kier molecular flexibility index (Phi) is 5.10. The van der Waals surface area contributed by atoms with Crippen LogP contribution in [-0.4, -0.2) is 17.6 Å². The van der Waals surface area contributed by atoms with E-state index in [2.05, 4.69) is 0 Å². The first-order valence-electron chi connectivity index (χ1n) is 12.4. The number of hydrogen-bond donors (Lipinski definition) is 0. The van der Waals surface area contributed by atoms with Gasteiger partial charge in [0, 0.05) is 5.02 Å². The number of anilines is 1. The second kappa shape index (κ2) is 8.01.